The third-order valence-electron chi connectivity index (χ3n) is 5.20. The van der Waals surface area contributed by atoms with Gasteiger partial charge in [0.1, 0.15) is 12.2 Å². The van der Waals surface area contributed by atoms with E-state index in [9.17, 15) is 5.26 Å². The Morgan fingerprint density at radius 1 is 1.04 bits per heavy atom. The second-order valence-electron chi connectivity index (χ2n) is 6.51. The first-order valence-electron chi connectivity index (χ1n) is 8.52. The number of hydrogen-bond donors (Lipinski definition) is 0. The summed E-state index contributed by atoms with van der Waals surface area (Å²) >= 11 is 0. The minimum atomic E-state index is 0.0614. The molecule has 5 rings (SSSR count). The van der Waals surface area contributed by atoms with E-state index in [1.165, 1.54) is 0 Å². The zero-order valence-electron chi connectivity index (χ0n) is 14.5. The minimum absolute atomic E-state index is 0.0614. The Morgan fingerprint density at radius 2 is 1.81 bits per heavy atom. The van der Waals surface area contributed by atoms with Gasteiger partial charge in [-0.2, -0.15) is 5.26 Å². The number of fused-ring (bicyclic) bond motifs is 4. The first-order valence-corrected chi connectivity index (χ1v) is 8.52. The topological polar surface area (TPSA) is 56.3 Å². The number of aromatic nitrogens is 1. The average Bonchev–Trinajstić information content (AvgIpc) is 3.18. The molecule has 5 heteroatoms. The lowest BCUT2D eigenvalue weighted by atomic mass is 10.1. The fraction of sp³-hybridized carbons (Fsp3) is 0.143. The molecule has 0 saturated heterocycles. The minimum Gasteiger partial charge on any atom is -0.436 e. The number of rotatable bonds is 1. The van der Waals surface area contributed by atoms with Crippen LogP contribution in [0.25, 0.3) is 22.1 Å². The lowest BCUT2D eigenvalue weighted by Gasteiger charge is -2.27. The van der Waals surface area contributed by atoms with Crippen molar-refractivity contribution in [2.45, 2.75) is 13.1 Å². The van der Waals surface area contributed by atoms with Crippen LogP contribution in [0.4, 0.5) is 17.1 Å². The summed E-state index contributed by atoms with van der Waals surface area (Å²) in [5.74, 6) is 0. The van der Waals surface area contributed by atoms with Gasteiger partial charge in [-0.15, -0.1) is 0 Å². The Labute approximate surface area is 150 Å². The molecule has 0 spiro atoms. The van der Waals surface area contributed by atoms with E-state index in [2.05, 4.69) is 46.0 Å². The summed E-state index contributed by atoms with van der Waals surface area (Å²) in [5.41, 5.74) is 5.08. The number of nitriles is 1. The lowest BCUT2D eigenvalue weighted by molar-refractivity contribution is 0.649. The molecule has 4 aromatic rings. The Hall–Kier alpha value is -3.52. The van der Waals surface area contributed by atoms with Crippen LogP contribution in [0.15, 0.2) is 59.1 Å². The van der Waals surface area contributed by atoms with E-state index in [0.717, 1.165) is 33.4 Å². The monoisotopic (exact) mass is 340 g/mol. The Balaban J connectivity index is 1.81. The maximum absolute atomic E-state index is 9.51. The molecule has 0 aliphatic carbocycles. The second kappa shape index (κ2) is 5.24. The Morgan fingerprint density at radius 3 is 2.65 bits per heavy atom. The summed E-state index contributed by atoms with van der Waals surface area (Å²) in [7, 11) is 2.02. The van der Waals surface area contributed by atoms with Crippen molar-refractivity contribution in [3.8, 4) is 6.07 Å². The number of benzene rings is 2. The zero-order chi connectivity index (χ0) is 17.8. The van der Waals surface area contributed by atoms with Crippen molar-refractivity contribution in [3.05, 3.63) is 60.3 Å². The molecule has 0 radical (unpaired) electrons. The molecule has 126 valence electrons. The van der Waals surface area contributed by atoms with Gasteiger partial charge in [0.25, 0.3) is 0 Å². The normalized spacial score (nSPS) is 16.3. The summed E-state index contributed by atoms with van der Waals surface area (Å²) in [6, 6.07) is 18.3. The van der Waals surface area contributed by atoms with Gasteiger partial charge in [0.15, 0.2) is 5.58 Å². The molecule has 1 aliphatic heterocycles. The van der Waals surface area contributed by atoms with E-state index in [4.69, 9.17) is 4.42 Å². The molecule has 1 atom stereocenters. The Bertz CT molecular complexity index is 1200. The van der Waals surface area contributed by atoms with E-state index in [1.54, 1.807) is 6.20 Å². The van der Waals surface area contributed by atoms with Gasteiger partial charge in [0.05, 0.1) is 22.6 Å². The highest BCUT2D eigenvalue weighted by Crippen LogP contribution is 2.47. The van der Waals surface area contributed by atoms with Gasteiger partial charge in [0, 0.05) is 24.0 Å². The van der Waals surface area contributed by atoms with Crippen LogP contribution in [0.1, 0.15) is 12.5 Å². The van der Waals surface area contributed by atoms with Gasteiger partial charge >= 0.3 is 0 Å². The molecule has 0 unspecified atom stereocenters. The lowest BCUT2D eigenvalue weighted by Crippen LogP contribution is -2.35. The molecule has 2 aromatic heterocycles. The van der Waals surface area contributed by atoms with Crippen molar-refractivity contribution in [2.75, 3.05) is 16.8 Å². The van der Waals surface area contributed by atoms with Crippen molar-refractivity contribution >= 4 is 39.1 Å². The summed E-state index contributed by atoms with van der Waals surface area (Å²) in [4.78, 5) is 8.71. The number of hydrogen-bond acceptors (Lipinski definition) is 5. The van der Waals surface area contributed by atoms with Crippen molar-refractivity contribution in [1.29, 1.82) is 5.26 Å². The number of pyridine rings is 1. The molecular formula is C21H16N4O. The maximum Gasteiger partial charge on any atom is 0.227 e. The second-order valence-corrected chi connectivity index (χ2v) is 6.51. The summed E-state index contributed by atoms with van der Waals surface area (Å²) in [6.07, 6.45) is 1.80. The largest absolute Gasteiger partial charge is 0.436 e. The van der Waals surface area contributed by atoms with Gasteiger partial charge in [0.2, 0.25) is 5.71 Å². The van der Waals surface area contributed by atoms with Crippen LogP contribution in [0.2, 0.25) is 0 Å². The molecule has 5 nitrogen and oxygen atoms in total. The van der Waals surface area contributed by atoms with Crippen molar-refractivity contribution in [1.82, 2.24) is 4.98 Å². The van der Waals surface area contributed by atoms with Crippen LogP contribution in [0.5, 0.6) is 0 Å². The van der Waals surface area contributed by atoms with E-state index >= 15 is 0 Å². The summed E-state index contributed by atoms with van der Waals surface area (Å²) < 4.78 is 6.11. The SMILES string of the molecule is C[C@H]1N(C)c2c(C#N)cccc2N1c1cccc2c1oc1ncccc12. The van der Waals surface area contributed by atoms with Crippen LogP contribution in [0.3, 0.4) is 0 Å². The highest BCUT2D eigenvalue weighted by Gasteiger charge is 2.34. The predicted molar refractivity (Wildman–Crippen MR) is 103 cm³/mol. The molecule has 0 bridgehead atoms. The van der Waals surface area contributed by atoms with Gasteiger partial charge in [-0.05, 0) is 37.3 Å². The highest BCUT2D eigenvalue weighted by molar-refractivity contribution is 6.09. The smallest absolute Gasteiger partial charge is 0.227 e. The fourth-order valence-electron chi connectivity index (χ4n) is 3.89. The predicted octanol–water partition coefficient (Wildman–Crippen LogP) is 4.79. The molecule has 3 heterocycles. The van der Waals surface area contributed by atoms with E-state index in [0.29, 0.717) is 11.3 Å². The maximum atomic E-state index is 9.51. The number of para-hydroxylation sites is 2. The van der Waals surface area contributed by atoms with Crippen LogP contribution in [-0.4, -0.2) is 18.2 Å². The molecule has 26 heavy (non-hydrogen) atoms. The molecule has 0 fully saturated rings. The van der Waals surface area contributed by atoms with Crippen LogP contribution >= 0.6 is 0 Å². The van der Waals surface area contributed by atoms with Crippen molar-refractivity contribution in [2.24, 2.45) is 0 Å². The quantitative estimate of drug-likeness (QED) is 0.499. The average molecular weight is 340 g/mol. The van der Waals surface area contributed by atoms with Crippen LogP contribution < -0.4 is 9.80 Å². The summed E-state index contributed by atoms with van der Waals surface area (Å²) in [5, 5.41) is 11.6. The standard InChI is InChI=1S/C21H16N4O/c1-13-24(2)19-14(12-22)6-3-9-17(19)25(13)18-10-4-7-15-16-8-5-11-23-21(16)26-20(15)18/h3-11,13H,1-2H3/t13-/m0/s1. The zero-order valence-corrected chi connectivity index (χ0v) is 14.5. The molecule has 0 N–H and O–H groups in total. The summed E-state index contributed by atoms with van der Waals surface area (Å²) in [6.45, 7) is 2.13. The van der Waals surface area contributed by atoms with E-state index < -0.39 is 0 Å². The van der Waals surface area contributed by atoms with Crippen LogP contribution in [-0.2, 0) is 0 Å². The molecule has 1 aliphatic rings. The molecule has 0 saturated carbocycles. The highest BCUT2D eigenvalue weighted by atomic mass is 16.3. The van der Waals surface area contributed by atoms with Crippen molar-refractivity contribution < 1.29 is 4.42 Å². The molecule has 2 aromatic carbocycles. The molecular weight excluding hydrogens is 324 g/mol. The van der Waals surface area contributed by atoms with Gasteiger partial charge in [-0.3, -0.25) is 0 Å². The number of anilines is 3. The number of nitrogens with zero attached hydrogens (tertiary/aromatic N) is 4. The van der Waals surface area contributed by atoms with Crippen molar-refractivity contribution in [3.63, 3.8) is 0 Å². The van der Waals surface area contributed by atoms with Gasteiger partial charge in [-0.25, -0.2) is 4.98 Å². The molecule has 0 amide bonds. The Kier molecular flexibility index (Phi) is 2.98. The van der Waals surface area contributed by atoms with Gasteiger partial charge < -0.3 is 14.2 Å². The number of furan rings is 1. The third kappa shape index (κ3) is 1.81. The van der Waals surface area contributed by atoms with Crippen LogP contribution in [0, 0.1) is 11.3 Å². The third-order valence-corrected chi connectivity index (χ3v) is 5.20. The first-order chi connectivity index (χ1) is 12.7. The fourth-order valence-corrected chi connectivity index (χ4v) is 3.89. The van der Waals surface area contributed by atoms with E-state index in [-0.39, 0.29) is 6.17 Å². The first kappa shape index (κ1) is 14.8. The van der Waals surface area contributed by atoms with E-state index in [1.807, 2.05) is 37.4 Å². The van der Waals surface area contributed by atoms with Gasteiger partial charge in [-0.1, -0.05) is 18.2 Å².